The third kappa shape index (κ3) is 5.13. The Labute approximate surface area is 161 Å². The zero-order valence-corrected chi connectivity index (χ0v) is 16.7. The number of hydrogen-bond acceptors (Lipinski definition) is 6. The van der Waals surface area contributed by atoms with Crippen molar-refractivity contribution >= 4 is 21.4 Å². The first-order chi connectivity index (χ1) is 12.9. The monoisotopic (exact) mass is 395 g/mol. The van der Waals surface area contributed by atoms with Crippen LogP contribution in [0, 0.1) is 0 Å². The Balaban J connectivity index is 1.53. The highest BCUT2D eigenvalue weighted by Crippen LogP contribution is 2.21. The van der Waals surface area contributed by atoms with Crippen LogP contribution in [0.1, 0.15) is 19.8 Å². The highest BCUT2D eigenvalue weighted by atomic mass is 32.2. The second kappa shape index (κ2) is 8.48. The van der Waals surface area contributed by atoms with Crippen molar-refractivity contribution in [3.63, 3.8) is 0 Å². The average molecular weight is 396 g/mol. The van der Waals surface area contributed by atoms with Gasteiger partial charge in [-0.15, -0.1) is 0 Å². The molecule has 0 saturated carbocycles. The van der Waals surface area contributed by atoms with E-state index in [1.165, 1.54) is 0 Å². The summed E-state index contributed by atoms with van der Waals surface area (Å²) < 4.78 is 23.6. The molecule has 0 spiro atoms. The molecule has 7 nitrogen and oxygen atoms in total. The molecular formula is C19H29N3O4S. The van der Waals surface area contributed by atoms with Gasteiger partial charge >= 0.3 is 0 Å². The number of rotatable bonds is 6. The van der Waals surface area contributed by atoms with Gasteiger partial charge < -0.3 is 14.9 Å². The first-order valence-electron chi connectivity index (χ1n) is 9.64. The Hall–Kier alpha value is -1.80. The van der Waals surface area contributed by atoms with Gasteiger partial charge in [0.2, 0.25) is 5.91 Å². The number of amides is 1. The third-order valence-electron chi connectivity index (χ3n) is 5.38. The highest BCUT2D eigenvalue weighted by Gasteiger charge is 2.34. The summed E-state index contributed by atoms with van der Waals surface area (Å²) in [7, 11) is -3.00. The fraction of sp³-hybridized carbons (Fsp3) is 0.632. The number of aromatic hydroxyl groups is 1. The Kier molecular flexibility index (Phi) is 6.26. The molecule has 0 aromatic heterocycles. The minimum atomic E-state index is -3.00. The Morgan fingerprint density at radius 2 is 1.85 bits per heavy atom. The number of phenolic OH excluding ortho intramolecular Hbond substituents is 1. The van der Waals surface area contributed by atoms with Gasteiger partial charge in [-0.1, -0.05) is 6.92 Å². The summed E-state index contributed by atoms with van der Waals surface area (Å²) in [4.78, 5) is 19.0. The quantitative estimate of drug-likeness (QED) is 0.772. The van der Waals surface area contributed by atoms with E-state index in [2.05, 4.69) is 9.80 Å². The minimum Gasteiger partial charge on any atom is -0.508 e. The van der Waals surface area contributed by atoms with Crippen LogP contribution in [0.25, 0.3) is 0 Å². The molecule has 2 saturated heterocycles. The van der Waals surface area contributed by atoms with Crippen LogP contribution < -0.4 is 4.90 Å². The molecule has 0 radical (unpaired) electrons. The first kappa shape index (κ1) is 19.9. The lowest BCUT2D eigenvalue weighted by Crippen LogP contribution is -2.52. The van der Waals surface area contributed by atoms with E-state index in [0.29, 0.717) is 19.5 Å². The van der Waals surface area contributed by atoms with Crippen molar-refractivity contribution in [3.8, 4) is 5.75 Å². The molecule has 2 heterocycles. The van der Waals surface area contributed by atoms with Crippen molar-refractivity contribution in [2.45, 2.75) is 25.8 Å². The molecule has 2 aliphatic rings. The van der Waals surface area contributed by atoms with Crippen LogP contribution in [0.4, 0.5) is 5.69 Å². The normalized spacial score (nSPS) is 22.7. The van der Waals surface area contributed by atoms with E-state index in [4.69, 9.17) is 0 Å². The van der Waals surface area contributed by atoms with Crippen LogP contribution in [-0.2, 0) is 14.6 Å². The van der Waals surface area contributed by atoms with Crippen LogP contribution in [0.5, 0.6) is 5.75 Å². The summed E-state index contributed by atoms with van der Waals surface area (Å²) in [6.45, 7) is 6.20. The fourth-order valence-electron chi connectivity index (χ4n) is 3.88. The van der Waals surface area contributed by atoms with Crippen LogP contribution >= 0.6 is 0 Å². The molecular weight excluding hydrogens is 366 g/mol. The lowest BCUT2D eigenvalue weighted by Gasteiger charge is -2.37. The minimum absolute atomic E-state index is 0.0389. The Morgan fingerprint density at radius 3 is 2.41 bits per heavy atom. The maximum absolute atomic E-state index is 12.8. The molecule has 1 atom stereocenters. The topological polar surface area (TPSA) is 81.2 Å². The first-order valence-corrected chi connectivity index (χ1v) is 11.5. The zero-order chi connectivity index (χ0) is 19.4. The maximum Gasteiger partial charge on any atom is 0.237 e. The maximum atomic E-state index is 12.8. The predicted octanol–water partition coefficient (Wildman–Crippen LogP) is 0.940. The van der Waals surface area contributed by atoms with E-state index in [1.807, 2.05) is 19.1 Å². The molecule has 1 aromatic carbocycles. The summed E-state index contributed by atoms with van der Waals surface area (Å²) in [5.74, 6) is 0.592. The summed E-state index contributed by atoms with van der Waals surface area (Å²) in [5, 5.41) is 9.41. The number of carbonyl (C=O) groups is 1. The molecule has 27 heavy (non-hydrogen) atoms. The van der Waals surface area contributed by atoms with E-state index in [0.717, 1.165) is 38.3 Å². The number of anilines is 1. The number of benzene rings is 1. The molecule has 0 aliphatic carbocycles. The number of hydrogen-bond donors (Lipinski definition) is 1. The lowest BCUT2D eigenvalue weighted by molar-refractivity contribution is -0.134. The molecule has 2 fully saturated rings. The van der Waals surface area contributed by atoms with Gasteiger partial charge in [-0.2, -0.15) is 0 Å². The average Bonchev–Trinajstić information content (AvgIpc) is 3.00. The number of sulfone groups is 1. The highest BCUT2D eigenvalue weighted by molar-refractivity contribution is 7.91. The van der Waals surface area contributed by atoms with Gasteiger partial charge in [0.1, 0.15) is 5.75 Å². The number of carbonyl (C=O) groups excluding carboxylic acids is 1. The van der Waals surface area contributed by atoms with Gasteiger partial charge in [0, 0.05) is 44.5 Å². The van der Waals surface area contributed by atoms with Crippen LogP contribution in [0.2, 0.25) is 0 Å². The molecule has 2 aliphatic heterocycles. The number of nitrogens with zero attached hydrogens (tertiary/aromatic N) is 3. The van der Waals surface area contributed by atoms with Crippen LogP contribution in [0.3, 0.4) is 0 Å². The fourth-order valence-corrected chi connectivity index (χ4v) is 5.61. The molecule has 1 aromatic rings. The number of piperazine rings is 1. The van der Waals surface area contributed by atoms with Crippen molar-refractivity contribution in [3.05, 3.63) is 24.3 Å². The lowest BCUT2D eigenvalue weighted by atomic mass is 10.2. The van der Waals surface area contributed by atoms with Crippen molar-refractivity contribution in [1.29, 1.82) is 0 Å². The van der Waals surface area contributed by atoms with Crippen LogP contribution in [0.15, 0.2) is 24.3 Å². The summed E-state index contributed by atoms with van der Waals surface area (Å²) in [6, 6.07) is 7.01. The molecule has 150 valence electrons. The summed E-state index contributed by atoms with van der Waals surface area (Å²) in [5.41, 5.74) is 1.07. The smallest absolute Gasteiger partial charge is 0.237 e. The second-order valence-electron chi connectivity index (χ2n) is 7.42. The zero-order valence-electron chi connectivity index (χ0n) is 15.9. The van der Waals surface area contributed by atoms with E-state index in [-0.39, 0.29) is 29.2 Å². The van der Waals surface area contributed by atoms with Crippen molar-refractivity contribution < 1.29 is 18.3 Å². The third-order valence-corrected chi connectivity index (χ3v) is 7.13. The van der Waals surface area contributed by atoms with Crippen molar-refractivity contribution in [2.75, 3.05) is 55.7 Å². The number of phenols is 1. The SMILES string of the molecule is CCCN(C(=O)CN1CCN(c2ccc(O)cc2)CC1)[C@@H]1CCS(=O)(=O)C1. The summed E-state index contributed by atoms with van der Waals surface area (Å²) >= 11 is 0. The van der Waals surface area contributed by atoms with Crippen LogP contribution in [-0.4, -0.2) is 86.0 Å². The molecule has 8 heteroatoms. The van der Waals surface area contributed by atoms with E-state index in [9.17, 15) is 18.3 Å². The van der Waals surface area contributed by atoms with Gasteiger partial charge in [0.05, 0.1) is 18.1 Å². The van der Waals surface area contributed by atoms with Gasteiger partial charge in [-0.25, -0.2) is 8.42 Å². The largest absolute Gasteiger partial charge is 0.508 e. The molecule has 3 rings (SSSR count). The molecule has 1 amide bonds. The van der Waals surface area contributed by atoms with Gasteiger partial charge in [0.25, 0.3) is 0 Å². The molecule has 1 N–H and O–H groups in total. The standard InChI is InChI=1S/C19H29N3O4S/c1-2-8-22(17-7-13-27(25,26)15-17)19(24)14-20-9-11-21(12-10-20)16-3-5-18(23)6-4-16/h3-6,17,23H,2,7-15H2,1H3/t17-/m1/s1. The second-order valence-corrected chi connectivity index (χ2v) is 9.65. The summed E-state index contributed by atoms with van der Waals surface area (Å²) in [6.07, 6.45) is 1.39. The van der Waals surface area contributed by atoms with Gasteiger partial charge in [0.15, 0.2) is 9.84 Å². The Bertz CT molecular complexity index is 743. The van der Waals surface area contributed by atoms with Gasteiger partial charge in [-0.3, -0.25) is 9.69 Å². The van der Waals surface area contributed by atoms with E-state index < -0.39 is 9.84 Å². The van der Waals surface area contributed by atoms with E-state index >= 15 is 0 Å². The molecule has 0 unspecified atom stereocenters. The molecule has 0 bridgehead atoms. The predicted molar refractivity (Wildman–Crippen MR) is 106 cm³/mol. The van der Waals surface area contributed by atoms with Crippen molar-refractivity contribution in [1.82, 2.24) is 9.80 Å². The Morgan fingerprint density at radius 1 is 1.19 bits per heavy atom. The van der Waals surface area contributed by atoms with E-state index in [1.54, 1.807) is 17.0 Å². The van der Waals surface area contributed by atoms with Crippen molar-refractivity contribution in [2.24, 2.45) is 0 Å². The van der Waals surface area contributed by atoms with Gasteiger partial charge in [-0.05, 0) is 37.1 Å².